The van der Waals surface area contributed by atoms with Crippen molar-refractivity contribution in [2.75, 3.05) is 0 Å². The summed E-state index contributed by atoms with van der Waals surface area (Å²) in [5.74, 6) is 0. The molecule has 0 atom stereocenters. The number of pyridine rings is 1. The Labute approximate surface area is 134 Å². The highest BCUT2D eigenvalue weighted by Crippen LogP contribution is 2.27. The number of fused-ring (bicyclic) bond motifs is 1. The van der Waals surface area contributed by atoms with E-state index < -0.39 is 5.24 Å². The molecule has 1 heterocycles. The molecule has 0 aliphatic carbocycles. The number of hydrogen-bond acceptors (Lipinski definition) is 2. The van der Waals surface area contributed by atoms with Crippen LogP contribution in [0, 0.1) is 20.8 Å². The zero-order valence-corrected chi connectivity index (χ0v) is 13.5. The van der Waals surface area contributed by atoms with Gasteiger partial charge in [0.25, 0.3) is 5.24 Å². The van der Waals surface area contributed by atoms with Gasteiger partial charge < -0.3 is 0 Å². The molecule has 2 nitrogen and oxygen atoms in total. The highest BCUT2D eigenvalue weighted by Gasteiger charge is 2.12. The average molecular weight is 310 g/mol. The van der Waals surface area contributed by atoms with Gasteiger partial charge in [-0.2, -0.15) is 0 Å². The van der Waals surface area contributed by atoms with E-state index >= 15 is 0 Å². The van der Waals surface area contributed by atoms with Crippen LogP contribution in [0.1, 0.15) is 27.0 Å². The van der Waals surface area contributed by atoms with E-state index in [1.807, 2.05) is 31.2 Å². The molecule has 3 heteroatoms. The van der Waals surface area contributed by atoms with Gasteiger partial charge in [-0.15, -0.1) is 0 Å². The number of rotatable bonds is 2. The maximum absolute atomic E-state index is 11.8. The maximum atomic E-state index is 11.8. The molecule has 1 aromatic heterocycles. The minimum Gasteiger partial charge on any atom is -0.276 e. The third-order valence-corrected chi connectivity index (χ3v) is 4.18. The van der Waals surface area contributed by atoms with E-state index in [1.165, 1.54) is 11.1 Å². The Morgan fingerprint density at radius 3 is 2.41 bits per heavy atom. The molecule has 0 N–H and O–H groups in total. The summed E-state index contributed by atoms with van der Waals surface area (Å²) >= 11 is 5.78. The Morgan fingerprint density at radius 1 is 0.955 bits per heavy atom. The lowest BCUT2D eigenvalue weighted by Crippen LogP contribution is -1.96. The predicted molar refractivity (Wildman–Crippen MR) is 91.6 cm³/mol. The first-order valence-corrected chi connectivity index (χ1v) is 7.52. The smallest absolute Gasteiger partial charge is 0.253 e. The molecule has 22 heavy (non-hydrogen) atoms. The van der Waals surface area contributed by atoms with Crippen molar-refractivity contribution in [1.82, 2.24) is 4.98 Å². The number of halogens is 1. The molecule has 2 aromatic carbocycles. The van der Waals surface area contributed by atoms with E-state index in [-0.39, 0.29) is 0 Å². The van der Waals surface area contributed by atoms with Crippen LogP contribution >= 0.6 is 11.6 Å². The van der Waals surface area contributed by atoms with Gasteiger partial charge in [0.15, 0.2) is 0 Å². The second-order valence-electron chi connectivity index (χ2n) is 5.65. The standard InChI is InChI=1S/C19H16ClNO/c1-11-4-7-17-15(8-11)16(19(20)22)10-18(21-17)14-6-5-12(2)13(3)9-14/h4-10H,1-3H3. The fraction of sp³-hybridized carbons (Fsp3) is 0.158. The predicted octanol–water partition coefficient (Wildman–Crippen LogP) is 5.21. The topological polar surface area (TPSA) is 30.0 Å². The van der Waals surface area contributed by atoms with Gasteiger partial charge in [-0.1, -0.05) is 23.8 Å². The molecular weight excluding hydrogens is 294 g/mol. The molecule has 0 bridgehead atoms. The number of benzene rings is 2. The monoisotopic (exact) mass is 309 g/mol. The van der Waals surface area contributed by atoms with E-state index in [1.54, 1.807) is 6.07 Å². The summed E-state index contributed by atoms with van der Waals surface area (Å²) in [5.41, 5.74) is 6.55. The Hall–Kier alpha value is -2.19. The summed E-state index contributed by atoms with van der Waals surface area (Å²) in [4.78, 5) is 16.5. The number of nitrogens with zero attached hydrogens (tertiary/aromatic N) is 1. The summed E-state index contributed by atoms with van der Waals surface area (Å²) in [6, 6.07) is 13.8. The van der Waals surface area contributed by atoms with Crippen molar-refractivity contribution in [2.24, 2.45) is 0 Å². The molecule has 0 saturated heterocycles. The minimum atomic E-state index is -0.455. The maximum Gasteiger partial charge on any atom is 0.253 e. The van der Waals surface area contributed by atoms with Gasteiger partial charge in [-0.05, 0) is 67.8 Å². The van der Waals surface area contributed by atoms with Gasteiger partial charge in [0.1, 0.15) is 0 Å². The number of carbonyl (C=O) groups excluding carboxylic acids is 1. The third kappa shape index (κ3) is 2.62. The quantitative estimate of drug-likeness (QED) is 0.608. The number of hydrogen-bond donors (Lipinski definition) is 0. The first kappa shape index (κ1) is 14.7. The first-order valence-electron chi connectivity index (χ1n) is 7.14. The lowest BCUT2D eigenvalue weighted by molar-refractivity contribution is 0.108. The summed E-state index contributed by atoms with van der Waals surface area (Å²) in [7, 11) is 0. The normalized spacial score (nSPS) is 10.9. The van der Waals surface area contributed by atoms with E-state index in [9.17, 15) is 4.79 Å². The molecule has 0 aliphatic heterocycles. The Kier molecular flexibility index (Phi) is 3.71. The average Bonchev–Trinajstić information content (AvgIpc) is 2.48. The molecule has 0 radical (unpaired) electrons. The van der Waals surface area contributed by atoms with E-state index in [2.05, 4.69) is 31.0 Å². The Bertz CT molecular complexity index is 899. The zero-order chi connectivity index (χ0) is 15.9. The molecule has 0 aliphatic rings. The number of aromatic nitrogens is 1. The van der Waals surface area contributed by atoms with Gasteiger partial charge in [0.2, 0.25) is 0 Å². The van der Waals surface area contributed by atoms with Crippen molar-refractivity contribution in [3.63, 3.8) is 0 Å². The van der Waals surface area contributed by atoms with Crippen LogP contribution in [0.5, 0.6) is 0 Å². The highest BCUT2D eigenvalue weighted by atomic mass is 35.5. The van der Waals surface area contributed by atoms with Crippen LogP contribution in [0.15, 0.2) is 42.5 Å². The van der Waals surface area contributed by atoms with Crippen LogP contribution in [0.4, 0.5) is 0 Å². The highest BCUT2D eigenvalue weighted by molar-refractivity contribution is 6.68. The fourth-order valence-electron chi connectivity index (χ4n) is 2.55. The van der Waals surface area contributed by atoms with E-state index in [0.29, 0.717) is 5.56 Å². The van der Waals surface area contributed by atoms with Gasteiger partial charge in [0, 0.05) is 16.5 Å². The summed E-state index contributed by atoms with van der Waals surface area (Å²) < 4.78 is 0. The summed E-state index contributed by atoms with van der Waals surface area (Å²) in [6.07, 6.45) is 0. The van der Waals surface area contributed by atoms with Crippen molar-refractivity contribution in [3.05, 3.63) is 64.7 Å². The first-order chi connectivity index (χ1) is 10.5. The zero-order valence-electron chi connectivity index (χ0n) is 12.8. The molecule has 3 aromatic rings. The van der Waals surface area contributed by atoms with Crippen LogP contribution in [-0.2, 0) is 0 Å². The molecule has 0 unspecified atom stereocenters. The largest absolute Gasteiger partial charge is 0.276 e. The van der Waals surface area contributed by atoms with Gasteiger partial charge >= 0.3 is 0 Å². The lowest BCUT2D eigenvalue weighted by Gasteiger charge is -2.09. The van der Waals surface area contributed by atoms with Gasteiger partial charge in [0.05, 0.1) is 11.2 Å². The van der Waals surface area contributed by atoms with Crippen molar-refractivity contribution < 1.29 is 4.79 Å². The fourth-order valence-corrected chi connectivity index (χ4v) is 2.71. The van der Waals surface area contributed by atoms with Crippen LogP contribution in [-0.4, -0.2) is 10.2 Å². The van der Waals surface area contributed by atoms with Gasteiger partial charge in [-0.3, -0.25) is 4.79 Å². The van der Waals surface area contributed by atoms with Crippen LogP contribution in [0.2, 0.25) is 0 Å². The van der Waals surface area contributed by atoms with Crippen LogP contribution in [0.3, 0.4) is 0 Å². The third-order valence-electron chi connectivity index (χ3n) is 3.98. The molecule has 110 valence electrons. The molecule has 0 amide bonds. The summed E-state index contributed by atoms with van der Waals surface area (Å²) in [6.45, 7) is 6.12. The number of carbonyl (C=O) groups is 1. The van der Waals surface area contributed by atoms with Crippen LogP contribution in [0.25, 0.3) is 22.2 Å². The SMILES string of the molecule is Cc1ccc2nc(-c3ccc(C)c(C)c3)cc(C(=O)Cl)c2c1. The van der Waals surface area contributed by atoms with Crippen LogP contribution < -0.4 is 0 Å². The summed E-state index contributed by atoms with van der Waals surface area (Å²) in [5, 5.41) is 0.343. The van der Waals surface area contributed by atoms with E-state index in [0.717, 1.165) is 27.7 Å². The molecule has 0 fully saturated rings. The minimum absolute atomic E-state index is 0.455. The Morgan fingerprint density at radius 2 is 1.73 bits per heavy atom. The molecule has 0 spiro atoms. The van der Waals surface area contributed by atoms with Gasteiger partial charge in [-0.25, -0.2) is 4.98 Å². The van der Waals surface area contributed by atoms with Crippen molar-refractivity contribution in [2.45, 2.75) is 20.8 Å². The number of aryl methyl sites for hydroxylation is 3. The second-order valence-corrected chi connectivity index (χ2v) is 5.99. The van der Waals surface area contributed by atoms with E-state index in [4.69, 9.17) is 11.6 Å². The molecule has 3 rings (SSSR count). The van der Waals surface area contributed by atoms with Crippen molar-refractivity contribution in [1.29, 1.82) is 0 Å². The Balaban J connectivity index is 2.29. The second kappa shape index (κ2) is 5.54. The lowest BCUT2D eigenvalue weighted by atomic mass is 10.0. The molecule has 0 saturated carbocycles. The van der Waals surface area contributed by atoms with Crippen molar-refractivity contribution in [3.8, 4) is 11.3 Å². The molecular formula is C19H16ClNO. The van der Waals surface area contributed by atoms with Crippen molar-refractivity contribution >= 4 is 27.7 Å².